The van der Waals surface area contributed by atoms with Crippen LogP contribution in [0.5, 0.6) is 0 Å². The molecule has 0 spiro atoms. The molecular formula is C18H26N2O4. The summed E-state index contributed by atoms with van der Waals surface area (Å²) in [5.41, 5.74) is 1.24. The summed E-state index contributed by atoms with van der Waals surface area (Å²) in [7, 11) is 1.67. The molecule has 6 heteroatoms. The summed E-state index contributed by atoms with van der Waals surface area (Å²) in [5.74, 6) is -0.342. The van der Waals surface area contributed by atoms with E-state index in [4.69, 9.17) is 9.47 Å². The molecule has 2 atom stereocenters. The van der Waals surface area contributed by atoms with Crippen molar-refractivity contribution in [3.8, 4) is 0 Å². The first kappa shape index (κ1) is 18.4. The Bertz CT molecular complexity index is 570. The first-order chi connectivity index (χ1) is 11.5. The highest BCUT2D eigenvalue weighted by atomic mass is 16.5. The topological polar surface area (TPSA) is 67.9 Å². The van der Waals surface area contributed by atoms with E-state index in [1.807, 2.05) is 12.1 Å². The minimum absolute atomic E-state index is 0.0742. The van der Waals surface area contributed by atoms with Crippen LogP contribution in [0.2, 0.25) is 0 Å². The first-order valence-corrected chi connectivity index (χ1v) is 8.36. The molecule has 6 nitrogen and oxygen atoms in total. The first-order valence-electron chi connectivity index (χ1n) is 8.36. The van der Waals surface area contributed by atoms with Crippen LogP contribution in [0.4, 0.5) is 11.4 Å². The molecule has 0 aromatic heterocycles. The average molecular weight is 334 g/mol. The van der Waals surface area contributed by atoms with Crippen molar-refractivity contribution in [1.82, 2.24) is 0 Å². The van der Waals surface area contributed by atoms with Gasteiger partial charge in [0.25, 0.3) is 5.91 Å². The van der Waals surface area contributed by atoms with E-state index in [-0.39, 0.29) is 17.9 Å². The molecule has 24 heavy (non-hydrogen) atoms. The number of nitrogens with one attached hydrogen (secondary N) is 1. The summed E-state index contributed by atoms with van der Waals surface area (Å²) in [4.78, 5) is 25.4. The fourth-order valence-corrected chi connectivity index (χ4v) is 2.54. The fraction of sp³-hybridized carbons (Fsp3) is 0.556. The lowest BCUT2D eigenvalue weighted by Crippen LogP contribution is -2.33. The summed E-state index contributed by atoms with van der Waals surface area (Å²) >= 11 is 0. The number of carbonyl (C=O) groups is 2. The molecule has 0 radical (unpaired) electrons. The highest BCUT2D eigenvalue weighted by molar-refractivity contribution is 6.01. The van der Waals surface area contributed by atoms with Gasteiger partial charge in [0.2, 0.25) is 5.91 Å². The van der Waals surface area contributed by atoms with E-state index in [1.54, 1.807) is 26.1 Å². The van der Waals surface area contributed by atoms with Gasteiger partial charge >= 0.3 is 0 Å². The van der Waals surface area contributed by atoms with Crippen molar-refractivity contribution in [1.29, 1.82) is 0 Å². The minimum Gasteiger partial charge on any atom is -0.376 e. The van der Waals surface area contributed by atoms with Crippen molar-refractivity contribution >= 4 is 23.2 Å². The number of rotatable bonds is 6. The molecule has 0 unspecified atom stereocenters. The molecule has 2 amide bonds. The smallest absolute Gasteiger partial charge is 0.253 e. The van der Waals surface area contributed by atoms with Crippen LogP contribution in [0, 0.1) is 0 Å². The number of carbonyl (C=O) groups excluding carboxylic acids is 2. The quantitative estimate of drug-likeness (QED) is 0.868. The van der Waals surface area contributed by atoms with Crippen LogP contribution in [0.15, 0.2) is 24.3 Å². The molecule has 1 heterocycles. The lowest BCUT2D eigenvalue weighted by molar-refractivity contribution is -0.130. The number of anilines is 2. The van der Waals surface area contributed by atoms with Gasteiger partial charge in [-0.2, -0.15) is 0 Å². The molecule has 1 saturated heterocycles. The molecule has 2 rings (SSSR count). The van der Waals surface area contributed by atoms with Gasteiger partial charge in [-0.15, -0.1) is 0 Å². The van der Waals surface area contributed by atoms with Crippen molar-refractivity contribution in [2.75, 3.05) is 30.5 Å². The van der Waals surface area contributed by atoms with E-state index in [0.717, 1.165) is 25.9 Å². The zero-order valence-electron chi connectivity index (χ0n) is 14.6. The molecule has 1 aliphatic heterocycles. The van der Waals surface area contributed by atoms with Gasteiger partial charge in [0.15, 0.2) is 0 Å². The molecule has 0 aliphatic carbocycles. The predicted octanol–water partition coefficient (Wildman–Crippen LogP) is 2.58. The number of hydrogen-bond donors (Lipinski definition) is 1. The summed E-state index contributed by atoms with van der Waals surface area (Å²) in [6.45, 7) is 4.38. The van der Waals surface area contributed by atoms with E-state index >= 15 is 0 Å². The largest absolute Gasteiger partial charge is 0.376 e. The van der Waals surface area contributed by atoms with Crippen molar-refractivity contribution in [2.45, 2.75) is 45.3 Å². The molecule has 1 fully saturated rings. The number of hydrogen-bond acceptors (Lipinski definition) is 4. The lowest BCUT2D eigenvalue weighted by Gasteiger charge is -2.24. The van der Waals surface area contributed by atoms with Crippen molar-refractivity contribution < 1.29 is 19.1 Å². The van der Waals surface area contributed by atoms with Crippen LogP contribution < -0.4 is 10.2 Å². The van der Waals surface area contributed by atoms with Gasteiger partial charge in [0.05, 0.1) is 24.1 Å². The van der Waals surface area contributed by atoms with Crippen LogP contribution in [-0.2, 0) is 19.1 Å². The van der Waals surface area contributed by atoms with Gasteiger partial charge in [-0.1, -0.05) is 12.1 Å². The van der Waals surface area contributed by atoms with E-state index < -0.39 is 6.10 Å². The Morgan fingerprint density at radius 3 is 2.79 bits per heavy atom. The van der Waals surface area contributed by atoms with Crippen LogP contribution in [0.3, 0.4) is 0 Å². The van der Waals surface area contributed by atoms with E-state index in [9.17, 15) is 9.59 Å². The zero-order valence-corrected chi connectivity index (χ0v) is 14.6. The van der Waals surface area contributed by atoms with Crippen molar-refractivity contribution in [2.24, 2.45) is 0 Å². The lowest BCUT2D eigenvalue weighted by atomic mass is 10.1. The van der Waals surface area contributed by atoms with E-state index in [2.05, 4.69) is 5.32 Å². The third kappa shape index (κ3) is 5.04. The van der Waals surface area contributed by atoms with Gasteiger partial charge < -0.3 is 19.7 Å². The highest BCUT2D eigenvalue weighted by Gasteiger charge is 2.20. The summed E-state index contributed by atoms with van der Waals surface area (Å²) < 4.78 is 11.2. The number of ether oxygens (including phenoxy) is 2. The van der Waals surface area contributed by atoms with Gasteiger partial charge in [-0.25, -0.2) is 0 Å². The van der Waals surface area contributed by atoms with Crippen molar-refractivity contribution in [3.05, 3.63) is 24.3 Å². The zero-order chi connectivity index (χ0) is 17.5. The maximum atomic E-state index is 12.3. The predicted molar refractivity (Wildman–Crippen MR) is 93.2 cm³/mol. The third-order valence-corrected chi connectivity index (χ3v) is 4.17. The molecule has 0 bridgehead atoms. The molecule has 1 aromatic carbocycles. The summed E-state index contributed by atoms with van der Waals surface area (Å²) in [6, 6.07) is 7.20. The Morgan fingerprint density at radius 1 is 1.38 bits per heavy atom. The third-order valence-electron chi connectivity index (χ3n) is 4.17. The fourth-order valence-electron chi connectivity index (χ4n) is 2.54. The molecule has 1 aromatic rings. The second-order valence-electron chi connectivity index (χ2n) is 6.05. The van der Waals surface area contributed by atoms with Gasteiger partial charge in [0, 0.05) is 20.6 Å². The molecule has 132 valence electrons. The van der Waals surface area contributed by atoms with Gasteiger partial charge in [-0.05, 0) is 38.3 Å². The minimum atomic E-state index is -0.591. The van der Waals surface area contributed by atoms with E-state index in [1.165, 1.54) is 11.8 Å². The molecule has 1 N–H and O–H groups in total. The monoisotopic (exact) mass is 334 g/mol. The maximum Gasteiger partial charge on any atom is 0.253 e. The Labute approximate surface area is 143 Å². The van der Waals surface area contributed by atoms with E-state index in [0.29, 0.717) is 18.0 Å². The molecule has 1 aliphatic rings. The number of para-hydroxylation sites is 2. The highest BCUT2D eigenvalue weighted by Crippen LogP contribution is 2.25. The summed E-state index contributed by atoms with van der Waals surface area (Å²) in [6.07, 6.45) is 2.68. The Morgan fingerprint density at radius 2 is 2.12 bits per heavy atom. The van der Waals surface area contributed by atoms with Crippen LogP contribution in [0.25, 0.3) is 0 Å². The SMILES string of the molecule is CC(=O)N(C)c1ccccc1NC(=O)[C@H](C)OC[C@@H]1CCCCO1. The van der Waals surface area contributed by atoms with Gasteiger partial charge in [-0.3, -0.25) is 9.59 Å². The standard InChI is InChI=1S/C18H26N2O4/c1-13(24-12-15-8-6-7-11-23-15)18(22)19-16-9-4-5-10-17(16)20(3)14(2)21/h4-5,9-10,13,15H,6-8,11-12H2,1-3H3,(H,19,22)/t13-,15-/m0/s1. The normalized spacial score (nSPS) is 18.7. The van der Waals surface area contributed by atoms with Crippen molar-refractivity contribution in [3.63, 3.8) is 0 Å². The Kier molecular flexibility index (Phi) is 6.75. The molecular weight excluding hydrogens is 308 g/mol. The van der Waals surface area contributed by atoms with Crippen LogP contribution in [-0.4, -0.2) is 44.3 Å². The average Bonchev–Trinajstić information content (AvgIpc) is 2.60. The second kappa shape index (κ2) is 8.80. The number of nitrogens with zero attached hydrogens (tertiary/aromatic N) is 1. The number of benzene rings is 1. The van der Waals surface area contributed by atoms with Crippen LogP contribution >= 0.6 is 0 Å². The number of amides is 2. The van der Waals surface area contributed by atoms with Gasteiger partial charge in [0.1, 0.15) is 6.10 Å². The second-order valence-corrected chi connectivity index (χ2v) is 6.05. The Hall–Kier alpha value is -1.92. The maximum absolute atomic E-state index is 12.3. The Balaban J connectivity index is 1.92. The van der Waals surface area contributed by atoms with Crippen LogP contribution in [0.1, 0.15) is 33.1 Å². The summed E-state index contributed by atoms with van der Waals surface area (Å²) in [5, 5.41) is 2.84. The molecule has 0 saturated carbocycles.